The number of benzene rings is 2. The number of fused-ring (bicyclic) bond motifs is 1. The Morgan fingerprint density at radius 1 is 1.19 bits per heavy atom. The number of hydrogen-bond donors (Lipinski definition) is 0. The number of hydrazone groups is 1. The Balaban J connectivity index is 1.51. The standard InChI is InChI=1S/C23H18F3N3O2/c1-14-20(22(30)29(27-14)17-6-4-5-16(10-17)23(24,25)26)9-15-11-28(12-18-13-31-18)21-8-3-2-7-19(15)21/h2-11,18H,12-13H2,1H3/b20-9+. The molecule has 1 fully saturated rings. The van der Waals surface area contributed by atoms with Gasteiger partial charge < -0.3 is 9.30 Å². The van der Waals surface area contributed by atoms with E-state index < -0.39 is 17.6 Å². The minimum Gasteiger partial charge on any atom is -0.371 e. The van der Waals surface area contributed by atoms with Gasteiger partial charge in [-0.05, 0) is 37.3 Å². The second-order valence-electron chi connectivity index (χ2n) is 7.62. The minimum atomic E-state index is -4.50. The first-order valence-corrected chi connectivity index (χ1v) is 9.80. The molecule has 5 nitrogen and oxygen atoms in total. The van der Waals surface area contributed by atoms with Crippen molar-refractivity contribution >= 4 is 34.3 Å². The molecule has 1 aromatic heterocycles. The van der Waals surface area contributed by atoms with Crippen LogP contribution in [0.1, 0.15) is 18.1 Å². The molecule has 2 aliphatic rings. The molecule has 1 atom stereocenters. The van der Waals surface area contributed by atoms with E-state index in [1.165, 1.54) is 12.1 Å². The molecule has 1 unspecified atom stereocenters. The van der Waals surface area contributed by atoms with Gasteiger partial charge in [0.15, 0.2) is 0 Å². The summed E-state index contributed by atoms with van der Waals surface area (Å²) in [6.07, 6.45) is -0.582. The molecule has 0 aliphatic carbocycles. The Morgan fingerprint density at radius 2 is 1.97 bits per heavy atom. The molecule has 8 heteroatoms. The summed E-state index contributed by atoms with van der Waals surface area (Å²) in [5.74, 6) is -0.459. The van der Waals surface area contributed by atoms with Gasteiger partial charge in [-0.3, -0.25) is 4.79 Å². The van der Waals surface area contributed by atoms with E-state index in [1.54, 1.807) is 13.0 Å². The smallest absolute Gasteiger partial charge is 0.371 e. The van der Waals surface area contributed by atoms with Crippen molar-refractivity contribution in [3.05, 3.63) is 71.4 Å². The van der Waals surface area contributed by atoms with Crippen LogP contribution in [0.4, 0.5) is 18.9 Å². The van der Waals surface area contributed by atoms with E-state index in [4.69, 9.17) is 4.74 Å². The largest absolute Gasteiger partial charge is 0.416 e. The summed E-state index contributed by atoms with van der Waals surface area (Å²) < 4.78 is 46.7. The van der Waals surface area contributed by atoms with Crippen LogP contribution in [0, 0.1) is 0 Å². The quantitative estimate of drug-likeness (QED) is 0.443. The first-order chi connectivity index (χ1) is 14.8. The fourth-order valence-electron chi connectivity index (χ4n) is 3.76. The number of carbonyl (C=O) groups excluding carboxylic acids is 1. The number of hydrogen-bond acceptors (Lipinski definition) is 3. The van der Waals surface area contributed by atoms with Crippen LogP contribution in [-0.2, 0) is 22.3 Å². The van der Waals surface area contributed by atoms with E-state index in [9.17, 15) is 18.0 Å². The fourth-order valence-corrected chi connectivity index (χ4v) is 3.76. The summed E-state index contributed by atoms with van der Waals surface area (Å²) in [6, 6.07) is 12.5. The average Bonchev–Trinajstić information content (AvgIpc) is 3.44. The third-order valence-electron chi connectivity index (χ3n) is 5.40. The van der Waals surface area contributed by atoms with Gasteiger partial charge in [-0.25, -0.2) is 0 Å². The Labute approximate surface area is 176 Å². The van der Waals surface area contributed by atoms with Gasteiger partial charge in [-0.1, -0.05) is 24.3 Å². The van der Waals surface area contributed by atoms with Gasteiger partial charge in [-0.15, -0.1) is 0 Å². The maximum absolute atomic E-state index is 13.1. The number of para-hydroxylation sites is 1. The zero-order chi connectivity index (χ0) is 21.8. The Morgan fingerprint density at radius 3 is 2.71 bits per heavy atom. The highest BCUT2D eigenvalue weighted by Gasteiger charge is 2.34. The van der Waals surface area contributed by atoms with E-state index in [-0.39, 0.29) is 11.8 Å². The molecule has 0 N–H and O–H groups in total. The van der Waals surface area contributed by atoms with Crippen molar-refractivity contribution in [3.8, 4) is 0 Å². The van der Waals surface area contributed by atoms with Gasteiger partial charge in [0.2, 0.25) is 0 Å². The lowest BCUT2D eigenvalue weighted by Crippen LogP contribution is -2.21. The highest BCUT2D eigenvalue weighted by Crippen LogP contribution is 2.34. The van der Waals surface area contributed by atoms with Crippen LogP contribution in [0.25, 0.3) is 17.0 Å². The first kappa shape index (κ1) is 19.6. The second-order valence-corrected chi connectivity index (χ2v) is 7.62. The molecule has 0 bridgehead atoms. The monoisotopic (exact) mass is 425 g/mol. The highest BCUT2D eigenvalue weighted by molar-refractivity contribution is 6.32. The van der Waals surface area contributed by atoms with Crippen LogP contribution in [0.5, 0.6) is 0 Å². The van der Waals surface area contributed by atoms with Crippen molar-refractivity contribution in [2.75, 3.05) is 11.6 Å². The number of carbonyl (C=O) groups is 1. The van der Waals surface area contributed by atoms with Crippen LogP contribution in [0.3, 0.4) is 0 Å². The average molecular weight is 425 g/mol. The SMILES string of the molecule is CC1=NN(c2cccc(C(F)(F)F)c2)C(=O)/C1=C/c1cn(CC2CO2)c2ccccc12. The van der Waals surface area contributed by atoms with E-state index in [1.807, 2.05) is 30.5 Å². The van der Waals surface area contributed by atoms with Crippen LogP contribution in [0.15, 0.2) is 65.4 Å². The maximum Gasteiger partial charge on any atom is 0.416 e. The number of nitrogens with zero attached hydrogens (tertiary/aromatic N) is 3. The van der Waals surface area contributed by atoms with Crippen LogP contribution < -0.4 is 5.01 Å². The summed E-state index contributed by atoms with van der Waals surface area (Å²) in [5.41, 5.74) is 1.93. The molecule has 31 heavy (non-hydrogen) atoms. The first-order valence-electron chi connectivity index (χ1n) is 9.80. The molecule has 3 aromatic rings. The molecular weight excluding hydrogens is 407 g/mol. The lowest BCUT2D eigenvalue weighted by molar-refractivity contribution is -0.137. The van der Waals surface area contributed by atoms with Gasteiger partial charge in [0, 0.05) is 22.7 Å². The number of epoxide rings is 1. The van der Waals surface area contributed by atoms with Crippen molar-refractivity contribution in [2.45, 2.75) is 25.7 Å². The minimum absolute atomic E-state index is 0.0795. The molecule has 1 amide bonds. The predicted octanol–water partition coefficient (Wildman–Crippen LogP) is 4.87. The van der Waals surface area contributed by atoms with Crippen LogP contribution in [-0.4, -0.2) is 28.9 Å². The number of amides is 1. The Kier molecular flexibility index (Phi) is 4.48. The Bertz CT molecular complexity index is 1250. The van der Waals surface area contributed by atoms with Gasteiger partial charge in [0.05, 0.1) is 41.8 Å². The topological polar surface area (TPSA) is 50.1 Å². The number of alkyl halides is 3. The fraction of sp³-hybridized carbons (Fsp3) is 0.217. The number of aromatic nitrogens is 1. The molecule has 3 heterocycles. The summed E-state index contributed by atoms with van der Waals surface area (Å²) in [5, 5.41) is 6.23. The molecule has 5 rings (SSSR count). The van der Waals surface area contributed by atoms with E-state index in [0.29, 0.717) is 11.3 Å². The number of ether oxygens (including phenoxy) is 1. The molecule has 1 saturated heterocycles. The van der Waals surface area contributed by atoms with Gasteiger partial charge >= 0.3 is 6.18 Å². The molecule has 0 spiro atoms. The summed E-state index contributed by atoms with van der Waals surface area (Å²) in [7, 11) is 0. The van der Waals surface area contributed by atoms with Gasteiger partial charge in [0.25, 0.3) is 5.91 Å². The third-order valence-corrected chi connectivity index (χ3v) is 5.40. The van der Waals surface area contributed by atoms with Crippen molar-refractivity contribution in [2.24, 2.45) is 5.10 Å². The maximum atomic E-state index is 13.1. The number of anilines is 1. The molecule has 2 aliphatic heterocycles. The lowest BCUT2D eigenvalue weighted by atomic mass is 10.1. The third kappa shape index (κ3) is 3.63. The molecule has 2 aromatic carbocycles. The number of halogens is 3. The zero-order valence-electron chi connectivity index (χ0n) is 16.6. The summed E-state index contributed by atoms with van der Waals surface area (Å²) in [4.78, 5) is 13.0. The highest BCUT2D eigenvalue weighted by atomic mass is 19.4. The van der Waals surface area contributed by atoms with Crippen molar-refractivity contribution in [1.82, 2.24) is 4.57 Å². The van der Waals surface area contributed by atoms with Crippen molar-refractivity contribution in [3.63, 3.8) is 0 Å². The van der Waals surface area contributed by atoms with Gasteiger partial charge in [0.1, 0.15) is 0 Å². The van der Waals surface area contributed by atoms with E-state index in [0.717, 1.165) is 46.8 Å². The van der Waals surface area contributed by atoms with Crippen molar-refractivity contribution < 1.29 is 22.7 Å². The normalized spacial score (nSPS) is 20.1. The molecule has 0 saturated carbocycles. The molecule has 158 valence electrons. The summed E-state index contributed by atoms with van der Waals surface area (Å²) >= 11 is 0. The number of rotatable bonds is 4. The molecular formula is C23H18F3N3O2. The lowest BCUT2D eigenvalue weighted by Gasteiger charge is -2.14. The Hall–Kier alpha value is -3.39. The zero-order valence-corrected chi connectivity index (χ0v) is 16.6. The van der Waals surface area contributed by atoms with Crippen molar-refractivity contribution in [1.29, 1.82) is 0 Å². The second kappa shape index (κ2) is 7.09. The van der Waals surface area contributed by atoms with Crippen LogP contribution in [0.2, 0.25) is 0 Å². The molecule has 0 radical (unpaired) electrons. The van der Waals surface area contributed by atoms with Crippen LogP contribution >= 0.6 is 0 Å². The van der Waals surface area contributed by atoms with E-state index in [2.05, 4.69) is 9.67 Å². The van der Waals surface area contributed by atoms with Gasteiger partial charge in [-0.2, -0.15) is 23.3 Å². The summed E-state index contributed by atoms with van der Waals surface area (Å²) in [6.45, 7) is 3.13. The predicted molar refractivity (Wildman–Crippen MR) is 112 cm³/mol. The van der Waals surface area contributed by atoms with E-state index >= 15 is 0 Å².